The fourth-order valence-electron chi connectivity index (χ4n) is 1.86. The molecule has 1 rings (SSSR count). The van der Waals surface area contributed by atoms with Crippen molar-refractivity contribution < 1.29 is 9.53 Å². The monoisotopic (exact) mass is 298 g/mol. The third kappa shape index (κ3) is 5.12. The van der Waals surface area contributed by atoms with Crippen molar-refractivity contribution in [1.29, 1.82) is 0 Å². The number of ether oxygens (including phenoxy) is 1. The van der Waals surface area contributed by atoms with Gasteiger partial charge in [0.25, 0.3) is 0 Å². The molecular formula is C15H23ClN2O2. The second-order valence-electron chi connectivity index (χ2n) is 5.47. The van der Waals surface area contributed by atoms with Crippen LogP contribution in [0.3, 0.4) is 0 Å². The van der Waals surface area contributed by atoms with Gasteiger partial charge in [-0.2, -0.15) is 0 Å². The second-order valence-corrected chi connectivity index (χ2v) is 5.90. The summed E-state index contributed by atoms with van der Waals surface area (Å²) in [5.41, 5.74) is 6.47. The highest BCUT2D eigenvalue weighted by molar-refractivity contribution is 6.30. The Morgan fingerprint density at radius 3 is 2.50 bits per heavy atom. The number of methoxy groups -OCH3 is 1. The first-order valence-electron chi connectivity index (χ1n) is 6.64. The van der Waals surface area contributed by atoms with Gasteiger partial charge in [-0.05, 0) is 17.7 Å². The molecule has 0 aliphatic rings. The van der Waals surface area contributed by atoms with E-state index in [1.165, 1.54) is 0 Å². The smallest absolute Gasteiger partial charge is 0.222 e. The van der Waals surface area contributed by atoms with Crippen LogP contribution in [-0.4, -0.2) is 32.2 Å². The van der Waals surface area contributed by atoms with Crippen LogP contribution in [0.1, 0.15) is 25.8 Å². The van der Waals surface area contributed by atoms with E-state index in [9.17, 15) is 4.79 Å². The van der Waals surface area contributed by atoms with Crippen molar-refractivity contribution in [3.05, 3.63) is 34.9 Å². The molecule has 1 amide bonds. The third-order valence-corrected chi connectivity index (χ3v) is 3.61. The lowest BCUT2D eigenvalue weighted by molar-refractivity contribution is -0.123. The number of carbonyl (C=O) groups excluding carboxylic acids is 1. The minimum absolute atomic E-state index is 0.0515. The van der Waals surface area contributed by atoms with Gasteiger partial charge in [-0.3, -0.25) is 4.79 Å². The number of nitrogens with two attached hydrogens (primary N) is 1. The zero-order valence-corrected chi connectivity index (χ0v) is 13.0. The maximum absolute atomic E-state index is 11.8. The summed E-state index contributed by atoms with van der Waals surface area (Å²) in [5.74, 6) is -0.0515. The molecule has 1 atom stereocenters. The Hall–Kier alpha value is -1.10. The first kappa shape index (κ1) is 17.0. The van der Waals surface area contributed by atoms with E-state index in [1.807, 2.05) is 24.3 Å². The minimum atomic E-state index is -0.228. The molecule has 0 aliphatic heterocycles. The van der Waals surface area contributed by atoms with Crippen molar-refractivity contribution in [2.45, 2.75) is 31.8 Å². The molecule has 0 spiro atoms. The molecule has 1 aromatic carbocycles. The Balaban J connectivity index is 2.54. The van der Waals surface area contributed by atoms with Gasteiger partial charge in [-0.15, -0.1) is 0 Å². The van der Waals surface area contributed by atoms with Crippen LogP contribution >= 0.6 is 11.6 Å². The first-order valence-corrected chi connectivity index (χ1v) is 7.02. The van der Waals surface area contributed by atoms with E-state index < -0.39 is 0 Å². The summed E-state index contributed by atoms with van der Waals surface area (Å²) in [7, 11) is 1.56. The molecular weight excluding hydrogens is 276 g/mol. The van der Waals surface area contributed by atoms with Crippen molar-refractivity contribution >= 4 is 17.5 Å². The van der Waals surface area contributed by atoms with E-state index in [0.717, 1.165) is 5.56 Å². The SMILES string of the molecule is COC(CN)CC(=O)NCC(C)(C)c1ccc(Cl)cc1. The zero-order valence-electron chi connectivity index (χ0n) is 12.3. The Kier molecular flexibility index (Phi) is 6.46. The predicted molar refractivity (Wildman–Crippen MR) is 82.0 cm³/mol. The average Bonchev–Trinajstić information content (AvgIpc) is 2.43. The molecule has 1 aromatic rings. The Morgan fingerprint density at radius 1 is 1.40 bits per heavy atom. The van der Waals surface area contributed by atoms with Gasteiger partial charge < -0.3 is 15.8 Å². The van der Waals surface area contributed by atoms with Crippen molar-refractivity contribution in [3.8, 4) is 0 Å². The molecule has 0 aliphatic carbocycles. The van der Waals surface area contributed by atoms with Crippen LogP contribution in [0.15, 0.2) is 24.3 Å². The molecule has 112 valence electrons. The highest BCUT2D eigenvalue weighted by atomic mass is 35.5. The molecule has 0 bridgehead atoms. The fraction of sp³-hybridized carbons (Fsp3) is 0.533. The summed E-state index contributed by atoms with van der Waals surface area (Å²) in [6.45, 7) is 5.04. The predicted octanol–water partition coefficient (Wildman–Crippen LogP) is 2.10. The first-order chi connectivity index (χ1) is 9.39. The van der Waals surface area contributed by atoms with Crippen LogP contribution in [-0.2, 0) is 14.9 Å². The molecule has 3 N–H and O–H groups in total. The van der Waals surface area contributed by atoms with Crippen molar-refractivity contribution in [2.75, 3.05) is 20.2 Å². The molecule has 0 heterocycles. The Labute approximate surface area is 125 Å². The van der Waals surface area contributed by atoms with Gasteiger partial charge in [0.05, 0.1) is 12.5 Å². The number of carbonyl (C=O) groups is 1. The molecule has 5 heteroatoms. The molecule has 20 heavy (non-hydrogen) atoms. The van der Waals surface area contributed by atoms with Gasteiger partial charge in [0.2, 0.25) is 5.91 Å². The van der Waals surface area contributed by atoms with Gasteiger partial charge >= 0.3 is 0 Å². The Morgan fingerprint density at radius 2 is 2.00 bits per heavy atom. The summed E-state index contributed by atoms with van der Waals surface area (Å²) in [5, 5.41) is 3.64. The summed E-state index contributed by atoms with van der Waals surface area (Å²) in [4.78, 5) is 11.8. The van der Waals surface area contributed by atoms with Gasteiger partial charge in [0, 0.05) is 30.6 Å². The van der Waals surface area contributed by atoms with Gasteiger partial charge in [0.15, 0.2) is 0 Å². The topological polar surface area (TPSA) is 64.3 Å². The normalized spacial score (nSPS) is 13.1. The number of hydrogen-bond acceptors (Lipinski definition) is 3. The molecule has 1 unspecified atom stereocenters. The Bertz CT molecular complexity index is 428. The molecule has 0 fully saturated rings. The van der Waals surface area contributed by atoms with Gasteiger partial charge in [-0.25, -0.2) is 0 Å². The van der Waals surface area contributed by atoms with E-state index in [1.54, 1.807) is 7.11 Å². The van der Waals surface area contributed by atoms with Crippen LogP contribution < -0.4 is 11.1 Å². The second kappa shape index (κ2) is 7.62. The summed E-state index contributed by atoms with van der Waals surface area (Å²) in [6.07, 6.45) is 0.0533. The number of rotatable bonds is 7. The van der Waals surface area contributed by atoms with E-state index in [4.69, 9.17) is 22.1 Å². The standard InChI is InChI=1S/C15H23ClN2O2/c1-15(2,11-4-6-12(16)7-5-11)10-18-14(19)8-13(9-17)20-3/h4-7,13H,8-10,17H2,1-3H3,(H,18,19). The molecule has 0 saturated heterocycles. The van der Waals surface area contributed by atoms with Crippen LogP contribution in [0.2, 0.25) is 5.02 Å². The van der Waals surface area contributed by atoms with Crippen LogP contribution in [0, 0.1) is 0 Å². The lowest BCUT2D eigenvalue weighted by atomic mass is 9.84. The zero-order chi connectivity index (χ0) is 15.2. The van der Waals surface area contributed by atoms with Crippen molar-refractivity contribution in [1.82, 2.24) is 5.32 Å². The highest BCUT2D eigenvalue weighted by Gasteiger charge is 2.22. The number of nitrogens with one attached hydrogen (secondary N) is 1. The van der Waals surface area contributed by atoms with E-state index in [2.05, 4.69) is 19.2 Å². The maximum Gasteiger partial charge on any atom is 0.222 e. The van der Waals surface area contributed by atoms with E-state index in [-0.39, 0.29) is 23.8 Å². The van der Waals surface area contributed by atoms with E-state index in [0.29, 0.717) is 18.1 Å². The summed E-state index contributed by atoms with van der Waals surface area (Å²) < 4.78 is 5.10. The van der Waals surface area contributed by atoms with Gasteiger partial charge in [-0.1, -0.05) is 37.6 Å². The quantitative estimate of drug-likeness (QED) is 0.810. The molecule has 4 nitrogen and oxygen atoms in total. The minimum Gasteiger partial charge on any atom is -0.380 e. The lowest BCUT2D eigenvalue weighted by Crippen LogP contribution is -2.39. The van der Waals surface area contributed by atoms with Crippen LogP contribution in [0.4, 0.5) is 0 Å². The molecule has 0 saturated carbocycles. The maximum atomic E-state index is 11.8. The summed E-state index contributed by atoms with van der Waals surface area (Å²) >= 11 is 5.88. The lowest BCUT2D eigenvalue weighted by Gasteiger charge is -2.26. The molecule has 0 radical (unpaired) electrons. The van der Waals surface area contributed by atoms with Crippen molar-refractivity contribution in [3.63, 3.8) is 0 Å². The number of amides is 1. The number of halogens is 1. The van der Waals surface area contributed by atoms with Crippen LogP contribution in [0.5, 0.6) is 0 Å². The van der Waals surface area contributed by atoms with E-state index >= 15 is 0 Å². The van der Waals surface area contributed by atoms with Gasteiger partial charge in [0.1, 0.15) is 0 Å². The number of benzene rings is 1. The fourth-order valence-corrected chi connectivity index (χ4v) is 1.99. The third-order valence-electron chi connectivity index (χ3n) is 3.36. The van der Waals surface area contributed by atoms with Crippen LogP contribution in [0.25, 0.3) is 0 Å². The highest BCUT2D eigenvalue weighted by Crippen LogP contribution is 2.23. The number of hydrogen-bond donors (Lipinski definition) is 2. The summed E-state index contributed by atoms with van der Waals surface area (Å²) in [6, 6.07) is 7.67. The average molecular weight is 299 g/mol. The largest absolute Gasteiger partial charge is 0.380 e. The van der Waals surface area contributed by atoms with Crippen molar-refractivity contribution in [2.24, 2.45) is 5.73 Å². The molecule has 0 aromatic heterocycles.